The van der Waals surface area contributed by atoms with Crippen molar-refractivity contribution in [1.82, 2.24) is 4.90 Å². The van der Waals surface area contributed by atoms with Crippen LogP contribution < -0.4 is 5.73 Å². The van der Waals surface area contributed by atoms with E-state index in [9.17, 15) is 0 Å². The van der Waals surface area contributed by atoms with Gasteiger partial charge in [0.25, 0.3) is 0 Å². The Morgan fingerprint density at radius 2 is 1.60 bits per heavy atom. The van der Waals surface area contributed by atoms with Gasteiger partial charge in [0.2, 0.25) is 0 Å². The molecular formula is C17H36N2O. The first kappa shape index (κ1) is 17.9. The zero-order valence-corrected chi connectivity index (χ0v) is 14.3. The smallest absolute Gasteiger partial charge is 0.0661 e. The molecule has 0 aromatic carbocycles. The van der Waals surface area contributed by atoms with Crippen molar-refractivity contribution in [3.05, 3.63) is 0 Å². The Hall–Kier alpha value is -0.120. The molecule has 0 heterocycles. The minimum atomic E-state index is 0.0819. The lowest BCUT2D eigenvalue weighted by atomic mass is 9.90. The van der Waals surface area contributed by atoms with Gasteiger partial charge in [0.1, 0.15) is 0 Å². The van der Waals surface area contributed by atoms with E-state index in [1.54, 1.807) is 0 Å². The lowest BCUT2D eigenvalue weighted by Gasteiger charge is -2.44. The Kier molecular flexibility index (Phi) is 7.49. The van der Waals surface area contributed by atoms with Gasteiger partial charge in [-0.05, 0) is 56.5 Å². The molecule has 120 valence electrons. The molecule has 1 aliphatic carbocycles. The van der Waals surface area contributed by atoms with Gasteiger partial charge in [-0.15, -0.1) is 0 Å². The van der Waals surface area contributed by atoms with E-state index < -0.39 is 0 Å². The minimum Gasteiger partial charge on any atom is -0.383 e. The van der Waals surface area contributed by atoms with Crippen molar-refractivity contribution in [1.29, 1.82) is 0 Å². The average Bonchev–Trinajstić information content (AvgIpc) is 3.20. The fraction of sp³-hybridized carbons (Fsp3) is 1.00. The van der Waals surface area contributed by atoms with E-state index in [2.05, 4.69) is 32.6 Å². The fourth-order valence-electron chi connectivity index (χ4n) is 3.08. The molecule has 1 fully saturated rings. The Morgan fingerprint density at radius 1 is 1.10 bits per heavy atom. The number of ether oxygens (including phenoxy) is 1. The van der Waals surface area contributed by atoms with Crippen molar-refractivity contribution in [3.8, 4) is 0 Å². The summed E-state index contributed by atoms with van der Waals surface area (Å²) in [6, 6.07) is 0. The van der Waals surface area contributed by atoms with E-state index in [1.807, 2.05) is 7.11 Å². The molecule has 1 unspecified atom stereocenters. The second kappa shape index (κ2) is 8.35. The van der Waals surface area contributed by atoms with Gasteiger partial charge in [-0.3, -0.25) is 4.90 Å². The molecule has 1 aliphatic rings. The van der Waals surface area contributed by atoms with Gasteiger partial charge < -0.3 is 10.5 Å². The molecule has 1 rings (SSSR count). The van der Waals surface area contributed by atoms with Gasteiger partial charge in [0.15, 0.2) is 0 Å². The monoisotopic (exact) mass is 284 g/mol. The van der Waals surface area contributed by atoms with Crippen LogP contribution in [0.25, 0.3) is 0 Å². The van der Waals surface area contributed by atoms with Gasteiger partial charge in [-0.25, -0.2) is 0 Å². The van der Waals surface area contributed by atoms with Crippen LogP contribution in [0.4, 0.5) is 0 Å². The lowest BCUT2D eigenvalue weighted by Crippen LogP contribution is -2.59. The zero-order chi connectivity index (χ0) is 15.2. The van der Waals surface area contributed by atoms with Crippen LogP contribution >= 0.6 is 0 Å². The molecular weight excluding hydrogens is 248 g/mol. The summed E-state index contributed by atoms with van der Waals surface area (Å²) in [6.07, 6.45) is 5.13. The van der Waals surface area contributed by atoms with E-state index in [0.717, 1.165) is 44.0 Å². The maximum atomic E-state index is 6.23. The molecule has 0 saturated heterocycles. The van der Waals surface area contributed by atoms with Gasteiger partial charge in [-0.1, -0.05) is 27.7 Å². The summed E-state index contributed by atoms with van der Waals surface area (Å²) in [6.45, 7) is 13.0. The van der Waals surface area contributed by atoms with Crippen LogP contribution in [-0.4, -0.2) is 43.8 Å². The molecule has 0 aliphatic heterocycles. The maximum Gasteiger partial charge on any atom is 0.0661 e. The van der Waals surface area contributed by atoms with Crippen LogP contribution in [0.2, 0.25) is 0 Å². The van der Waals surface area contributed by atoms with Gasteiger partial charge >= 0.3 is 0 Å². The predicted molar refractivity (Wildman–Crippen MR) is 86.9 cm³/mol. The molecule has 1 saturated carbocycles. The number of nitrogens with zero attached hydrogens (tertiary/aromatic N) is 1. The summed E-state index contributed by atoms with van der Waals surface area (Å²) < 4.78 is 5.57. The standard InChI is InChI=1S/C17H36N2O/c1-14(2)8-10-19(11-9-15(3)4)17(12-18,13-20-5)16-6-7-16/h14-16H,6-13,18H2,1-5H3. The van der Waals surface area contributed by atoms with E-state index in [1.165, 1.54) is 25.7 Å². The number of methoxy groups -OCH3 is 1. The van der Waals surface area contributed by atoms with Crippen molar-refractivity contribution in [2.75, 3.05) is 33.4 Å². The molecule has 3 nitrogen and oxygen atoms in total. The van der Waals surface area contributed by atoms with Crippen LogP contribution in [0, 0.1) is 17.8 Å². The molecule has 3 heteroatoms. The normalized spacial score (nSPS) is 19.1. The van der Waals surface area contributed by atoms with Crippen molar-refractivity contribution >= 4 is 0 Å². The topological polar surface area (TPSA) is 38.5 Å². The van der Waals surface area contributed by atoms with Gasteiger partial charge in [0, 0.05) is 13.7 Å². The van der Waals surface area contributed by atoms with Crippen LogP contribution in [0.15, 0.2) is 0 Å². The third-order valence-corrected chi connectivity index (χ3v) is 4.67. The molecule has 1 atom stereocenters. The largest absolute Gasteiger partial charge is 0.383 e. The van der Waals surface area contributed by atoms with Crippen molar-refractivity contribution in [2.24, 2.45) is 23.5 Å². The first-order chi connectivity index (χ1) is 9.46. The van der Waals surface area contributed by atoms with Crippen molar-refractivity contribution in [3.63, 3.8) is 0 Å². The highest BCUT2D eigenvalue weighted by Crippen LogP contribution is 2.43. The molecule has 0 amide bonds. The second-order valence-corrected chi connectivity index (χ2v) is 7.37. The van der Waals surface area contributed by atoms with Gasteiger partial charge in [-0.2, -0.15) is 0 Å². The summed E-state index contributed by atoms with van der Waals surface area (Å²) in [5.41, 5.74) is 6.31. The van der Waals surface area contributed by atoms with Crippen LogP contribution in [0.3, 0.4) is 0 Å². The highest BCUT2D eigenvalue weighted by Gasteiger charge is 2.48. The lowest BCUT2D eigenvalue weighted by molar-refractivity contribution is -0.00567. The Labute approximate surface area is 126 Å². The molecule has 0 aromatic rings. The fourth-order valence-corrected chi connectivity index (χ4v) is 3.08. The third kappa shape index (κ3) is 5.01. The molecule has 20 heavy (non-hydrogen) atoms. The summed E-state index contributed by atoms with van der Waals surface area (Å²) in [5, 5.41) is 0. The minimum absolute atomic E-state index is 0.0819. The van der Waals surface area contributed by atoms with Crippen molar-refractivity contribution < 1.29 is 4.74 Å². The van der Waals surface area contributed by atoms with E-state index in [4.69, 9.17) is 10.5 Å². The molecule has 0 aromatic heterocycles. The summed E-state index contributed by atoms with van der Waals surface area (Å²) in [4.78, 5) is 2.66. The Bertz CT molecular complexity index is 252. The summed E-state index contributed by atoms with van der Waals surface area (Å²) >= 11 is 0. The summed E-state index contributed by atoms with van der Waals surface area (Å²) in [5.74, 6) is 2.23. The van der Waals surface area contributed by atoms with Crippen molar-refractivity contribution in [2.45, 2.75) is 58.9 Å². The van der Waals surface area contributed by atoms with Crippen LogP contribution in [0.1, 0.15) is 53.4 Å². The molecule has 0 spiro atoms. The van der Waals surface area contributed by atoms with E-state index in [0.29, 0.717) is 0 Å². The third-order valence-electron chi connectivity index (χ3n) is 4.67. The summed E-state index contributed by atoms with van der Waals surface area (Å²) in [7, 11) is 1.82. The zero-order valence-electron chi connectivity index (χ0n) is 14.3. The van der Waals surface area contributed by atoms with Crippen LogP contribution in [-0.2, 0) is 4.74 Å². The molecule has 0 bridgehead atoms. The van der Waals surface area contributed by atoms with E-state index in [-0.39, 0.29) is 5.54 Å². The maximum absolute atomic E-state index is 6.23. The average molecular weight is 284 g/mol. The first-order valence-corrected chi connectivity index (χ1v) is 8.40. The Morgan fingerprint density at radius 3 is 1.90 bits per heavy atom. The molecule has 2 N–H and O–H groups in total. The quantitative estimate of drug-likeness (QED) is 0.633. The van der Waals surface area contributed by atoms with Gasteiger partial charge in [0.05, 0.1) is 12.1 Å². The number of hydrogen-bond donors (Lipinski definition) is 1. The number of nitrogens with two attached hydrogens (primary N) is 1. The SMILES string of the molecule is COCC(CN)(C1CC1)N(CCC(C)C)CCC(C)C. The predicted octanol–water partition coefficient (Wildman–Crippen LogP) is 3.13. The number of rotatable bonds is 11. The Balaban J connectivity index is 2.78. The molecule has 0 radical (unpaired) electrons. The van der Waals surface area contributed by atoms with Crippen LogP contribution in [0.5, 0.6) is 0 Å². The highest BCUT2D eigenvalue weighted by atomic mass is 16.5. The first-order valence-electron chi connectivity index (χ1n) is 8.40. The highest BCUT2D eigenvalue weighted by molar-refractivity contribution is 5.03. The van der Waals surface area contributed by atoms with E-state index >= 15 is 0 Å². The number of hydrogen-bond acceptors (Lipinski definition) is 3. The second-order valence-electron chi connectivity index (χ2n) is 7.37.